The van der Waals surface area contributed by atoms with Crippen molar-refractivity contribution in [2.75, 3.05) is 0 Å². The maximum Gasteiger partial charge on any atom is 0.253 e. The molecule has 1 unspecified atom stereocenters. The van der Waals surface area contributed by atoms with Gasteiger partial charge in [0.25, 0.3) is 5.91 Å². The van der Waals surface area contributed by atoms with Gasteiger partial charge in [0.1, 0.15) is 0 Å². The number of hydrogen-bond acceptors (Lipinski definition) is 3. The molecule has 18 heavy (non-hydrogen) atoms. The first kappa shape index (κ1) is 12.8. The predicted molar refractivity (Wildman–Crippen MR) is 74.8 cm³/mol. The summed E-state index contributed by atoms with van der Waals surface area (Å²) < 4.78 is 0. The normalized spacial score (nSPS) is 12.1. The van der Waals surface area contributed by atoms with Crippen molar-refractivity contribution in [3.05, 3.63) is 41.4 Å². The molecule has 1 N–H and O–H groups in total. The highest BCUT2D eigenvalue weighted by Crippen LogP contribution is 2.22. The van der Waals surface area contributed by atoms with Crippen LogP contribution in [0.5, 0.6) is 0 Å². The molecule has 0 aliphatic carbocycles. The molecule has 0 saturated carbocycles. The van der Waals surface area contributed by atoms with Crippen LogP contribution >= 0.6 is 11.3 Å². The van der Waals surface area contributed by atoms with Gasteiger partial charge in [0.05, 0.1) is 16.1 Å². The molecule has 0 aliphatic heterocycles. The second-order valence-electron chi connectivity index (χ2n) is 4.19. The molecule has 0 aromatic carbocycles. The van der Waals surface area contributed by atoms with Crippen LogP contribution in [0.2, 0.25) is 0 Å². The SMILES string of the molecule is CCC(C)NC(=O)c1ccc(-c2cccs2)nc1. The minimum Gasteiger partial charge on any atom is -0.350 e. The van der Waals surface area contributed by atoms with E-state index in [1.54, 1.807) is 17.5 Å². The maximum atomic E-state index is 11.9. The molecule has 0 fully saturated rings. The molecule has 0 aliphatic rings. The monoisotopic (exact) mass is 260 g/mol. The van der Waals surface area contributed by atoms with Crippen molar-refractivity contribution in [3.63, 3.8) is 0 Å². The van der Waals surface area contributed by atoms with Crippen molar-refractivity contribution < 1.29 is 4.79 Å². The number of nitrogens with one attached hydrogen (secondary N) is 1. The number of rotatable bonds is 4. The van der Waals surface area contributed by atoms with E-state index in [4.69, 9.17) is 0 Å². The lowest BCUT2D eigenvalue weighted by Crippen LogP contribution is -2.31. The van der Waals surface area contributed by atoms with Crippen molar-refractivity contribution in [2.24, 2.45) is 0 Å². The lowest BCUT2D eigenvalue weighted by molar-refractivity contribution is 0.0939. The molecule has 4 heteroatoms. The quantitative estimate of drug-likeness (QED) is 0.916. The lowest BCUT2D eigenvalue weighted by Gasteiger charge is -2.11. The van der Waals surface area contributed by atoms with E-state index in [1.165, 1.54) is 0 Å². The molecule has 1 atom stereocenters. The topological polar surface area (TPSA) is 42.0 Å². The van der Waals surface area contributed by atoms with Gasteiger partial charge in [0.15, 0.2) is 0 Å². The van der Waals surface area contributed by atoms with E-state index in [0.29, 0.717) is 5.56 Å². The number of carbonyl (C=O) groups excluding carboxylic acids is 1. The molecule has 3 nitrogen and oxygen atoms in total. The largest absolute Gasteiger partial charge is 0.350 e. The summed E-state index contributed by atoms with van der Waals surface area (Å²) in [7, 11) is 0. The first-order valence-corrected chi connectivity index (χ1v) is 6.89. The molecule has 0 spiro atoms. The van der Waals surface area contributed by atoms with Crippen LogP contribution in [-0.2, 0) is 0 Å². The van der Waals surface area contributed by atoms with Gasteiger partial charge in [-0.15, -0.1) is 11.3 Å². The van der Waals surface area contributed by atoms with Gasteiger partial charge in [0.2, 0.25) is 0 Å². The summed E-state index contributed by atoms with van der Waals surface area (Å²) in [6.45, 7) is 4.04. The zero-order valence-electron chi connectivity index (χ0n) is 10.5. The van der Waals surface area contributed by atoms with Gasteiger partial charge in [-0.05, 0) is 36.9 Å². The Bertz CT molecular complexity index is 505. The fourth-order valence-corrected chi connectivity index (χ4v) is 2.21. The lowest BCUT2D eigenvalue weighted by atomic mass is 10.2. The number of carbonyl (C=O) groups is 1. The highest BCUT2D eigenvalue weighted by atomic mass is 32.1. The Balaban J connectivity index is 2.10. The molecule has 0 radical (unpaired) electrons. The van der Waals surface area contributed by atoms with Gasteiger partial charge in [-0.2, -0.15) is 0 Å². The average Bonchev–Trinajstić information content (AvgIpc) is 2.92. The number of hydrogen-bond donors (Lipinski definition) is 1. The molecular weight excluding hydrogens is 244 g/mol. The Morgan fingerprint density at radius 1 is 1.44 bits per heavy atom. The second kappa shape index (κ2) is 5.78. The zero-order valence-corrected chi connectivity index (χ0v) is 11.3. The molecule has 2 rings (SSSR count). The van der Waals surface area contributed by atoms with Crippen molar-refractivity contribution in [3.8, 4) is 10.6 Å². The molecule has 0 bridgehead atoms. The first-order chi connectivity index (χ1) is 8.70. The molecule has 94 valence electrons. The van der Waals surface area contributed by atoms with Gasteiger partial charge < -0.3 is 5.32 Å². The van der Waals surface area contributed by atoms with E-state index in [-0.39, 0.29) is 11.9 Å². The van der Waals surface area contributed by atoms with Crippen molar-refractivity contribution >= 4 is 17.2 Å². The molecular formula is C14H16N2OS. The van der Waals surface area contributed by atoms with Crippen LogP contribution in [0, 0.1) is 0 Å². The van der Waals surface area contributed by atoms with E-state index in [9.17, 15) is 4.79 Å². The van der Waals surface area contributed by atoms with E-state index in [2.05, 4.69) is 10.3 Å². The minimum atomic E-state index is -0.0606. The van der Waals surface area contributed by atoms with Gasteiger partial charge in [-0.1, -0.05) is 13.0 Å². The van der Waals surface area contributed by atoms with Gasteiger partial charge in [0, 0.05) is 12.2 Å². The Morgan fingerprint density at radius 2 is 2.28 bits per heavy atom. The Morgan fingerprint density at radius 3 is 2.83 bits per heavy atom. The maximum absolute atomic E-state index is 11.9. The van der Waals surface area contributed by atoms with Crippen LogP contribution in [0.25, 0.3) is 10.6 Å². The molecule has 2 aromatic heterocycles. The van der Waals surface area contributed by atoms with Crippen LogP contribution in [0.1, 0.15) is 30.6 Å². The summed E-state index contributed by atoms with van der Waals surface area (Å²) in [5.74, 6) is -0.0606. The Kier molecular flexibility index (Phi) is 4.10. The molecule has 2 heterocycles. The van der Waals surface area contributed by atoms with Gasteiger partial charge in [-0.25, -0.2) is 0 Å². The van der Waals surface area contributed by atoms with Gasteiger partial charge >= 0.3 is 0 Å². The number of pyridine rings is 1. The van der Waals surface area contributed by atoms with Crippen molar-refractivity contribution in [1.82, 2.24) is 10.3 Å². The van der Waals surface area contributed by atoms with Crippen LogP contribution < -0.4 is 5.32 Å². The second-order valence-corrected chi connectivity index (χ2v) is 5.14. The summed E-state index contributed by atoms with van der Waals surface area (Å²) in [5, 5.41) is 4.94. The van der Waals surface area contributed by atoms with E-state index >= 15 is 0 Å². The van der Waals surface area contributed by atoms with E-state index in [1.807, 2.05) is 43.5 Å². The Labute approximate surface area is 111 Å². The summed E-state index contributed by atoms with van der Waals surface area (Å²) >= 11 is 1.64. The third-order valence-corrected chi connectivity index (χ3v) is 3.68. The van der Waals surface area contributed by atoms with Crippen molar-refractivity contribution in [2.45, 2.75) is 26.3 Å². The van der Waals surface area contributed by atoms with Crippen molar-refractivity contribution in [1.29, 1.82) is 0 Å². The molecule has 2 aromatic rings. The standard InChI is InChI=1S/C14H16N2OS/c1-3-10(2)16-14(17)11-6-7-12(15-9-11)13-5-4-8-18-13/h4-10H,3H2,1-2H3,(H,16,17). The minimum absolute atomic E-state index is 0.0606. The third kappa shape index (κ3) is 2.96. The fraction of sp³-hybridized carbons (Fsp3) is 0.286. The average molecular weight is 260 g/mol. The molecule has 0 saturated heterocycles. The predicted octanol–water partition coefficient (Wildman–Crippen LogP) is 3.34. The molecule has 1 amide bonds. The summed E-state index contributed by atoms with van der Waals surface area (Å²) in [4.78, 5) is 17.3. The van der Waals surface area contributed by atoms with Crippen LogP contribution in [-0.4, -0.2) is 16.9 Å². The van der Waals surface area contributed by atoms with E-state index in [0.717, 1.165) is 17.0 Å². The summed E-state index contributed by atoms with van der Waals surface area (Å²) in [5.41, 5.74) is 1.51. The number of amides is 1. The highest BCUT2D eigenvalue weighted by Gasteiger charge is 2.09. The van der Waals surface area contributed by atoms with Gasteiger partial charge in [-0.3, -0.25) is 9.78 Å². The number of aromatic nitrogens is 1. The highest BCUT2D eigenvalue weighted by molar-refractivity contribution is 7.13. The third-order valence-electron chi connectivity index (χ3n) is 2.79. The summed E-state index contributed by atoms with van der Waals surface area (Å²) in [6.07, 6.45) is 2.55. The van der Waals surface area contributed by atoms with Crippen LogP contribution in [0.4, 0.5) is 0 Å². The Hall–Kier alpha value is -1.68. The first-order valence-electron chi connectivity index (χ1n) is 6.01. The van der Waals surface area contributed by atoms with Crippen LogP contribution in [0.3, 0.4) is 0 Å². The zero-order chi connectivity index (χ0) is 13.0. The fourth-order valence-electron chi connectivity index (χ4n) is 1.51. The van der Waals surface area contributed by atoms with Crippen LogP contribution in [0.15, 0.2) is 35.8 Å². The smallest absolute Gasteiger partial charge is 0.253 e. The number of nitrogens with zero attached hydrogens (tertiary/aromatic N) is 1. The number of thiophene rings is 1. The summed E-state index contributed by atoms with van der Waals surface area (Å²) in [6, 6.07) is 7.91. The van der Waals surface area contributed by atoms with E-state index < -0.39 is 0 Å².